The summed E-state index contributed by atoms with van der Waals surface area (Å²) in [4.78, 5) is 67.1. The van der Waals surface area contributed by atoms with Gasteiger partial charge >= 0.3 is 6.18 Å². The summed E-state index contributed by atoms with van der Waals surface area (Å²) in [6, 6.07) is 3.20. The Balaban J connectivity index is 1.49. The maximum Gasteiger partial charge on any atom is 0.408 e. The lowest BCUT2D eigenvalue weighted by molar-refractivity contribution is -0.146. The van der Waals surface area contributed by atoms with Crippen molar-refractivity contribution >= 4 is 35.8 Å². The Kier molecular flexibility index (Phi) is 9.16. The van der Waals surface area contributed by atoms with Crippen LogP contribution in [0.4, 0.5) is 24.9 Å². The first-order chi connectivity index (χ1) is 20.3. The zero-order valence-corrected chi connectivity index (χ0v) is 24.1. The highest BCUT2D eigenvalue weighted by molar-refractivity contribution is 5.98. The minimum absolute atomic E-state index is 0.0140. The summed E-state index contributed by atoms with van der Waals surface area (Å²) >= 11 is 0. The molecule has 4 rings (SSSR count). The van der Waals surface area contributed by atoms with Crippen LogP contribution < -0.4 is 15.5 Å². The molecule has 230 valence electrons. The minimum Gasteiger partial charge on any atom is -0.350 e. The number of anilines is 2. The van der Waals surface area contributed by atoms with Crippen molar-refractivity contribution in [2.45, 2.75) is 45.1 Å². The number of halogens is 3. The zero-order chi connectivity index (χ0) is 31.5. The van der Waals surface area contributed by atoms with Gasteiger partial charge in [0.15, 0.2) is 0 Å². The summed E-state index contributed by atoms with van der Waals surface area (Å²) < 4.78 is 40.1. The summed E-state index contributed by atoms with van der Waals surface area (Å²) in [6.45, 7) is 2.81. The fourth-order valence-corrected chi connectivity index (χ4v) is 4.97. The van der Waals surface area contributed by atoms with Gasteiger partial charge in [0.1, 0.15) is 29.2 Å². The predicted octanol–water partition coefficient (Wildman–Crippen LogP) is 1.56. The molecule has 0 saturated carbocycles. The molecule has 0 aliphatic carbocycles. The first-order valence-corrected chi connectivity index (χ1v) is 13.4. The Labute approximate surface area is 245 Å². The molecule has 16 heteroatoms. The van der Waals surface area contributed by atoms with Gasteiger partial charge in [0.05, 0.1) is 24.9 Å². The number of alkyl halides is 3. The number of likely N-dealkylation sites (N-methyl/N-ethyl adjacent to an activating group) is 1. The molecule has 0 aromatic carbocycles. The molecule has 0 spiro atoms. The van der Waals surface area contributed by atoms with E-state index in [1.54, 1.807) is 25.1 Å². The highest BCUT2D eigenvalue weighted by Gasteiger charge is 2.47. The molecular formula is C27H32F3N9O4. The van der Waals surface area contributed by atoms with E-state index in [0.29, 0.717) is 24.1 Å². The van der Waals surface area contributed by atoms with Crippen molar-refractivity contribution in [2.75, 3.05) is 43.9 Å². The molecule has 0 bridgehead atoms. The van der Waals surface area contributed by atoms with Crippen molar-refractivity contribution in [1.82, 2.24) is 35.0 Å². The monoisotopic (exact) mass is 603 g/mol. The van der Waals surface area contributed by atoms with Gasteiger partial charge in [-0.2, -0.15) is 13.2 Å². The van der Waals surface area contributed by atoms with E-state index < -0.39 is 30.2 Å². The van der Waals surface area contributed by atoms with Gasteiger partial charge in [0, 0.05) is 38.6 Å². The van der Waals surface area contributed by atoms with Crippen LogP contribution in [0.25, 0.3) is 11.3 Å². The van der Waals surface area contributed by atoms with Crippen LogP contribution in [0.5, 0.6) is 0 Å². The van der Waals surface area contributed by atoms with Gasteiger partial charge in [-0.3, -0.25) is 19.2 Å². The quantitative estimate of drug-likeness (QED) is 0.384. The number of carbonyl (C=O) groups is 4. The second-order valence-corrected chi connectivity index (χ2v) is 10.3. The van der Waals surface area contributed by atoms with E-state index in [-0.39, 0.29) is 55.1 Å². The molecular weight excluding hydrogens is 571 g/mol. The summed E-state index contributed by atoms with van der Waals surface area (Å²) in [5.41, 5.74) is 0.863. The van der Waals surface area contributed by atoms with Gasteiger partial charge in [0.2, 0.25) is 18.3 Å². The van der Waals surface area contributed by atoms with Crippen LogP contribution in [-0.2, 0) is 19.2 Å². The van der Waals surface area contributed by atoms with Gasteiger partial charge in [-0.05, 0) is 38.8 Å². The van der Waals surface area contributed by atoms with Crippen molar-refractivity contribution in [3.8, 4) is 11.3 Å². The second kappa shape index (κ2) is 12.6. The van der Waals surface area contributed by atoms with Crippen molar-refractivity contribution < 1.29 is 32.3 Å². The lowest BCUT2D eigenvalue weighted by Crippen LogP contribution is -2.44. The van der Waals surface area contributed by atoms with Gasteiger partial charge in [-0.25, -0.2) is 15.0 Å². The molecule has 0 radical (unpaired) electrons. The highest BCUT2D eigenvalue weighted by atomic mass is 19.4. The normalized spacial score (nSPS) is 18.4. The molecule has 4 heterocycles. The smallest absolute Gasteiger partial charge is 0.350 e. The average molecular weight is 604 g/mol. The fraction of sp³-hybridized carbons (Fsp3) is 0.444. The van der Waals surface area contributed by atoms with E-state index in [4.69, 9.17) is 0 Å². The van der Waals surface area contributed by atoms with Crippen LogP contribution in [0.1, 0.15) is 26.7 Å². The van der Waals surface area contributed by atoms with E-state index in [9.17, 15) is 32.3 Å². The van der Waals surface area contributed by atoms with Crippen molar-refractivity contribution in [2.24, 2.45) is 0 Å². The molecule has 2 unspecified atom stereocenters. The number of carbonyl (C=O) groups excluding carboxylic acids is 4. The van der Waals surface area contributed by atoms with Crippen LogP contribution in [0, 0.1) is 0 Å². The number of pyridine rings is 1. The molecule has 1 fully saturated rings. The third kappa shape index (κ3) is 7.01. The van der Waals surface area contributed by atoms with E-state index in [2.05, 4.69) is 25.6 Å². The predicted molar refractivity (Wildman–Crippen MR) is 149 cm³/mol. The van der Waals surface area contributed by atoms with Crippen molar-refractivity contribution in [1.29, 1.82) is 0 Å². The Bertz CT molecular complexity index is 1420. The van der Waals surface area contributed by atoms with E-state index in [0.717, 1.165) is 4.90 Å². The Morgan fingerprint density at radius 3 is 2.51 bits per heavy atom. The summed E-state index contributed by atoms with van der Waals surface area (Å²) in [5, 5.41) is 5.70. The number of ketones is 1. The molecule has 2 atom stereocenters. The number of hydrogen-bond donors (Lipinski definition) is 2. The lowest BCUT2D eigenvalue weighted by atomic mass is 10.2. The van der Waals surface area contributed by atoms with Crippen molar-refractivity contribution in [3.63, 3.8) is 0 Å². The fourth-order valence-electron chi connectivity index (χ4n) is 4.97. The molecule has 43 heavy (non-hydrogen) atoms. The van der Waals surface area contributed by atoms with Gasteiger partial charge in [-0.15, -0.1) is 0 Å². The van der Waals surface area contributed by atoms with Crippen LogP contribution in [0.3, 0.4) is 0 Å². The molecule has 2 aliphatic rings. The Morgan fingerprint density at radius 2 is 1.88 bits per heavy atom. The van der Waals surface area contributed by atoms with Crippen LogP contribution in [-0.4, -0.2) is 106 Å². The third-order valence-corrected chi connectivity index (χ3v) is 7.00. The number of rotatable bonds is 10. The lowest BCUT2D eigenvalue weighted by Gasteiger charge is -2.27. The number of nitrogens with zero attached hydrogens (tertiary/aromatic N) is 7. The minimum atomic E-state index is -4.38. The summed E-state index contributed by atoms with van der Waals surface area (Å²) in [7, 11) is 2.90. The summed E-state index contributed by atoms with van der Waals surface area (Å²) in [6.07, 6.45) is -1.27. The molecule has 2 N–H and O–H groups in total. The Hall–Kier alpha value is -4.76. The van der Waals surface area contributed by atoms with E-state index in [1.807, 2.05) is 0 Å². The third-order valence-electron chi connectivity index (χ3n) is 7.00. The van der Waals surface area contributed by atoms with Gasteiger partial charge < -0.3 is 30.2 Å². The van der Waals surface area contributed by atoms with Gasteiger partial charge in [0.25, 0.3) is 5.91 Å². The summed E-state index contributed by atoms with van der Waals surface area (Å²) in [5.74, 6) is -0.964. The molecule has 1 saturated heterocycles. The molecule has 2 aromatic rings. The molecule has 2 aromatic heterocycles. The zero-order valence-electron chi connectivity index (χ0n) is 24.1. The van der Waals surface area contributed by atoms with Gasteiger partial charge in [-0.1, -0.05) is 6.07 Å². The first kappa shape index (κ1) is 31.2. The molecule has 3 amide bonds. The SMILES string of the molecule is CC(=O)CN(C)C(=O)C1=C(N(C)C=O)NC(C)N1CC(=O)Nc1cccc(-c2cnc(N3CCCC3C(F)(F)F)nc2)n1. The van der Waals surface area contributed by atoms with E-state index in [1.165, 1.54) is 48.1 Å². The molecule has 2 aliphatic heterocycles. The average Bonchev–Trinajstić information content (AvgIpc) is 3.58. The number of amides is 3. The number of nitrogens with one attached hydrogen (secondary N) is 2. The molecule has 13 nitrogen and oxygen atoms in total. The first-order valence-electron chi connectivity index (χ1n) is 13.4. The number of hydrogen-bond acceptors (Lipinski definition) is 10. The second-order valence-electron chi connectivity index (χ2n) is 10.3. The standard InChI is InChI=1S/C27H32F3N9O4/c1-16(41)13-36(3)25(43)23-24(37(4)15-40)33-17(2)39(23)14-22(42)35-21-9-5-7-19(34-21)18-11-31-26(32-12-18)38-10-6-8-20(38)27(28,29)30/h5,7,9,11-12,15,17,20,33H,6,8,10,13-14H2,1-4H3,(H,34,35,42). The maximum absolute atomic E-state index is 13.4. The number of aromatic nitrogens is 3. The highest BCUT2D eigenvalue weighted by Crippen LogP contribution is 2.34. The maximum atomic E-state index is 13.4. The largest absolute Gasteiger partial charge is 0.408 e. The van der Waals surface area contributed by atoms with Crippen LogP contribution in [0.2, 0.25) is 0 Å². The number of Topliss-reactive ketones (excluding diaryl/α,β-unsaturated/α-hetero) is 1. The topological polar surface area (TPSA) is 144 Å². The van der Waals surface area contributed by atoms with E-state index >= 15 is 0 Å². The van der Waals surface area contributed by atoms with Crippen LogP contribution >= 0.6 is 0 Å². The van der Waals surface area contributed by atoms with Crippen molar-refractivity contribution in [3.05, 3.63) is 42.1 Å². The Morgan fingerprint density at radius 1 is 1.19 bits per heavy atom. The van der Waals surface area contributed by atoms with Crippen LogP contribution in [0.15, 0.2) is 42.1 Å².